The fraction of sp³-hybridized carbons (Fsp3) is 0.381. The smallest absolute Gasteiger partial charge is 0.355 e. The van der Waals surface area contributed by atoms with Crippen LogP contribution >= 0.6 is 0 Å². The van der Waals surface area contributed by atoms with E-state index in [4.69, 9.17) is 0 Å². The van der Waals surface area contributed by atoms with E-state index in [1.165, 1.54) is 5.56 Å². The van der Waals surface area contributed by atoms with Crippen LogP contribution in [-0.2, 0) is 16.8 Å². The molecule has 0 unspecified atom stereocenters. The summed E-state index contributed by atoms with van der Waals surface area (Å²) in [5.41, 5.74) is 5.56. The van der Waals surface area contributed by atoms with E-state index in [1.807, 2.05) is 13.8 Å². The quantitative estimate of drug-likeness (QED) is 0.522. The molecule has 0 fully saturated rings. The highest BCUT2D eigenvalue weighted by atomic mass is 19.4. The zero-order chi connectivity index (χ0) is 21.3. The van der Waals surface area contributed by atoms with Gasteiger partial charge in [0.1, 0.15) is 0 Å². The van der Waals surface area contributed by atoms with Gasteiger partial charge in [-0.15, -0.1) is 0 Å². The highest BCUT2D eigenvalue weighted by Crippen LogP contribution is 2.31. The Morgan fingerprint density at radius 2 is 1.54 bits per heavy atom. The molecule has 0 aliphatic heterocycles. The van der Waals surface area contributed by atoms with Crippen LogP contribution in [0.3, 0.4) is 0 Å². The van der Waals surface area contributed by atoms with Gasteiger partial charge in [0.2, 0.25) is 0 Å². The molecule has 4 nitrogen and oxygen atoms in total. The molecule has 0 saturated carbocycles. The molecule has 28 heavy (non-hydrogen) atoms. The number of nitrogens with zero attached hydrogens (tertiary/aromatic N) is 1. The molecule has 0 saturated heterocycles. The van der Waals surface area contributed by atoms with Crippen LogP contribution in [0.1, 0.15) is 43.0 Å². The van der Waals surface area contributed by atoms with Crippen LogP contribution in [0.2, 0.25) is 0 Å². The minimum absolute atomic E-state index is 0.0414. The Morgan fingerprint density at radius 1 is 1.04 bits per heavy atom. The number of halogens is 3. The Kier molecular flexibility index (Phi) is 6.09. The number of aryl methyl sites for hydroxylation is 2. The predicted octanol–water partition coefficient (Wildman–Crippen LogP) is 5.62. The van der Waals surface area contributed by atoms with Crippen LogP contribution in [0, 0.1) is 13.8 Å². The minimum Gasteiger partial charge on any atom is -0.355 e. The van der Waals surface area contributed by atoms with Gasteiger partial charge in [-0.2, -0.15) is 13.2 Å². The van der Waals surface area contributed by atoms with E-state index in [-0.39, 0.29) is 10.5 Å². The molecular formula is C21H25F3N2O2. The largest absolute Gasteiger partial charge is 0.473 e. The lowest BCUT2D eigenvalue weighted by Crippen LogP contribution is -2.38. The van der Waals surface area contributed by atoms with Gasteiger partial charge in [0.15, 0.2) is 0 Å². The standard InChI is InChI=1S/C21H25F3N2O2/c1-13-10-16(20(3,4)5)11-14(2)18(13)25-17-8-6-15(7-9-17)12-26(28)19(27)21(22,23)24/h6-11,25,28H,12H2,1-5H3. The van der Waals surface area contributed by atoms with Crippen molar-refractivity contribution in [3.8, 4) is 0 Å². The van der Waals surface area contributed by atoms with E-state index in [0.717, 1.165) is 22.5 Å². The molecule has 0 atom stereocenters. The van der Waals surface area contributed by atoms with Crippen LogP contribution in [0.4, 0.5) is 24.5 Å². The SMILES string of the molecule is Cc1cc(C(C)(C)C)cc(C)c1Nc1ccc(CN(O)C(=O)C(F)(F)F)cc1. The predicted molar refractivity (Wildman–Crippen MR) is 103 cm³/mol. The lowest BCUT2D eigenvalue weighted by molar-refractivity contribution is -0.217. The summed E-state index contributed by atoms with van der Waals surface area (Å²) >= 11 is 0. The van der Waals surface area contributed by atoms with Crippen molar-refractivity contribution in [3.63, 3.8) is 0 Å². The lowest BCUT2D eigenvalue weighted by Gasteiger charge is -2.23. The molecule has 2 N–H and O–H groups in total. The Morgan fingerprint density at radius 3 is 1.96 bits per heavy atom. The Bertz CT molecular complexity index is 830. The van der Waals surface area contributed by atoms with Gasteiger partial charge in [0, 0.05) is 11.4 Å². The van der Waals surface area contributed by atoms with E-state index in [1.54, 1.807) is 24.3 Å². The molecule has 1 amide bonds. The topological polar surface area (TPSA) is 52.6 Å². The average molecular weight is 394 g/mol. The number of hydrogen-bond acceptors (Lipinski definition) is 3. The van der Waals surface area contributed by atoms with E-state index < -0.39 is 18.6 Å². The van der Waals surface area contributed by atoms with E-state index in [2.05, 4.69) is 38.2 Å². The fourth-order valence-corrected chi connectivity index (χ4v) is 2.82. The summed E-state index contributed by atoms with van der Waals surface area (Å²) in [6.07, 6.45) is -5.11. The molecule has 2 rings (SSSR count). The zero-order valence-electron chi connectivity index (χ0n) is 16.6. The van der Waals surface area contributed by atoms with E-state index in [9.17, 15) is 23.2 Å². The number of amides is 1. The molecule has 2 aromatic rings. The van der Waals surface area contributed by atoms with Gasteiger partial charge >= 0.3 is 12.1 Å². The molecule has 0 aromatic heterocycles. The third-order valence-corrected chi connectivity index (χ3v) is 4.43. The Hall–Kier alpha value is -2.54. The highest BCUT2D eigenvalue weighted by molar-refractivity contribution is 5.80. The maximum Gasteiger partial charge on any atom is 0.473 e. The first-order valence-electron chi connectivity index (χ1n) is 8.84. The van der Waals surface area contributed by atoms with Crippen molar-refractivity contribution < 1.29 is 23.2 Å². The Balaban J connectivity index is 2.14. The number of anilines is 2. The molecular weight excluding hydrogens is 369 g/mol. The van der Waals surface area contributed by atoms with Crippen molar-refractivity contribution in [1.82, 2.24) is 5.06 Å². The molecule has 152 valence electrons. The molecule has 7 heteroatoms. The van der Waals surface area contributed by atoms with Crippen molar-refractivity contribution in [3.05, 3.63) is 58.7 Å². The molecule has 0 aliphatic rings. The number of alkyl halides is 3. The van der Waals surface area contributed by atoms with Gasteiger partial charge in [-0.1, -0.05) is 45.0 Å². The number of benzene rings is 2. The van der Waals surface area contributed by atoms with Gasteiger partial charge in [-0.05, 0) is 53.6 Å². The van der Waals surface area contributed by atoms with E-state index >= 15 is 0 Å². The third-order valence-electron chi connectivity index (χ3n) is 4.43. The summed E-state index contributed by atoms with van der Waals surface area (Å²) in [6, 6.07) is 10.8. The van der Waals surface area contributed by atoms with Crippen molar-refractivity contribution in [2.45, 2.75) is 52.8 Å². The molecule has 0 spiro atoms. The monoisotopic (exact) mass is 394 g/mol. The molecule has 0 bridgehead atoms. The second-order valence-corrected chi connectivity index (χ2v) is 7.92. The van der Waals surface area contributed by atoms with Gasteiger partial charge in [-0.25, -0.2) is 5.06 Å². The summed E-state index contributed by atoms with van der Waals surface area (Å²) in [5.74, 6) is -2.29. The first-order chi connectivity index (χ1) is 12.8. The van der Waals surface area contributed by atoms with Crippen LogP contribution in [0.15, 0.2) is 36.4 Å². The number of carbonyl (C=O) groups is 1. The highest BCUT2D eigenvalue weighted by Gasteiger charge is 2.42. The van der Waals surface area contributed by atoms with Crippen molar-refractivity contribution in [2.24, 2.45) is 0 Å². The van der Waals surface area contributed by atoms with Crippen LogP contribution in [0.5, 0.6) is 0 Å². The van der Waals surface area contributed by atoms with Crippen molar-refractivity contribution >= 4 is 17.3 Å². The van der Waals surface area contributed by atoms with Crippen LogP contribution in [-0.4, -0.2) is 22.4 Å². The van der Waals surface area contributed by atoms with Crippen molar-refractivity contribution in [1.29, 1.82) is 0 Å². The molecule has 0 aliphatic carbocycles. The summed E-state index contributed by atoms with van der Waals surface area (Å²) in [4.78, 5) is 11.0. The molecule has 0 radical (unpaired) electrons. The fourth-order valence-electron chi connectivity index (χ4n) is 2.82. The van der Waals surface area contributed by atoms with Gasteiger partial charge in [0.25, 0.3) is 0 Å². The molecule has 0 heterocycles. The maximum atomic E-state index is 12.3. The number of nitrogens with one attached hydrogen (secondary N) is 1. The second kappa shape index (κ2) is 7.83. The minimum atomic E-state index is -5.11. The van der Waals surface area contributed by atoms with Gasteiger partial charge in [-0.3, -0.25) is 10.0 Å². The van der Waals surface area contributed by atoms with Crippen LogP contribution in [0.25, 0.3) is 0 Å². The Labute approximate surface area is 162 Å². The second-order valence-electron chi connectivity index (χ2n) is 7.92. The number of hydroxylamine groups is 2. The lowest BCUT2D eigenvalue weighted by atomic mass is 9.85. The van der Waals surface area contributed by atoms with E-state index in [0.29, 0.717) is 5.56 Å². The van der Waals surface area contributed by atoms with Crippen molar-refractivity contribution in [2.75, 3.05) is 5.32 Å². The summed E-state index contributed by atoms with van der Waals surface area (Å²) in [6.45, 7) is 9.96. The third kappa shape index (κ3) is 5.25. The summed E-state index contributed by atoms with van der Waals surface area (Å²) in [5, 5.41) is 12.3. The number of hydrogen-bond donors (Lipinski definition) is 2. The normalized spacial score (nSPS) is 12.0. The number of carbonyl (C=O) groups excluding carboxylic acids is 1. The average Bonchev–Trinajstić information content (AvgIpc) is 2.57. The number of rotatable bonds is 4. The first-order valence-corrected chi connectivity index (χ1v) is 8.84. The summed E-state index contributed by atoms with van der Waals surface area (Å²) in [7, 11) is 0. The zero-order valence-corrected chi connectivity index (χ0v) is 16.6. The van der Waals surface area contributed by atoms with Gasteiger partial charge in [0.05, 0.1) is 6.54 Å². The van der Waals surface area contributed by atoms with Gasteiger partial charge < -0.3 is 5.32 Å². The van der Waals surface area contributed by atoms with Crippen LogP contribution < -0.4 is 5.32 Å². The maximum absolute atomic E-state index is 12.3. The summed E-state index contributed by atoms with van der Waals surface area (Å²) < 4.78 is 37.0. The first kappa shape index (κ1) is 21.8. The molecule has 2 aromatic carbocycles.